The minimum atomic E-state index is -0.349. The molecule has 536 valence electrons. The number of rotatable bonds is 33. The van der Waals surface area contributed by atoms with Crippen LogP contribution in [0.1, 0.15) is 66.2 Å². The minimum absolute atomic E-state index is 0. The van der Waals surface area contributed by atoms with Crippen LogP contribution in [-0.4, -0.2) is 208 Å². The summed E-state index contributed by atoms with van der Waals surface area (Å²) in [5, 5.41) is 14.0. The number of hydrogen-bond acceptors (Lipinski definition) is 23. The Balaban J connectivity index is -0.0000000840. The molecule has 0 radical (unpaired) electrons. The third-order valence-corrected chi connectivity index (χ3v) is 10.5. The molecule has 25 heteroatoms. The van der Waals surface area contributed by atoms with Crippen molar-refractivity contribution in [1.29, 1.82) is 0 Å². The van der Waals surface area contributed by atoms with Gasteiger partial charge in [-0.2, -0.15) is 0 Å². The van der Waals surface area contributed by atoms with E-state index in [2.05, 4.69) is 37.4 Å². The highest BCUT2D eigenvalue weighted by molar-refractivity contribution is 9.93. The fraction of sp³-hybridized carbons (Fsp3) is 0.576. The molecular weight excluding hydrogens is 1320 g/mol. The van der Waals surface area contributed by atoms with E-state index >= 15 is 0 Å². The summed E-state index contributed by atoms with van der Waals surface area (Å²) in [5.74, 6) is 0.994. The molecule has 2 heterocycles. The maximum atomic E-state index is 10.1. The summed E-state index contributed by atoms with van der Waals surface area (Å²) >= 11 is 5.50. The van der Waals surface area contributed by atoms with Gasteiger partial charge in [0, 0.05) is 166 Å². The number of aldehydes is 2. The zero-order valence-corrected chi connectivity index (χ0v) is 60.9. The first-order chi connectivity index (χ1) is 42.9. The monoisotopic (exact) mass is 1440 g/mol. The summed E-state index contributed by atoms with van der Waals surface area (Å²) in [4.78, 5) is 20.2. The van der Waals surface area contributed by atoms with Crippen molar-refractivity contribution in [2.75, 3.05) is 135 Å². The van der Waals surface area contributed by atoms with Crippen LogP contribution in [-0.2, 0) is 80.6 Å². The van der Waals surface area contributed by atoms with Gasteiger partial charge in [-0.1, -0.05) is 95.5 Å². The second-order valence-electron chi connectivity index (χ2n) is 16.5. The number of carbonyl (C=O) groups excluding carboxylic acids is 2. The first kappa shape index (κ1) is 108. The van der Waals surface area contributed by atoms with Crippen LogP contribution in [0.2, 0.25) is 0 Å². The van der Waals surface area contributed by atoms with Gasteiger partial charge in [0.05, 0.1) is 52.3 Å². The van der Waals surface area contributed by atoms with E-state index in [1.54, 1.807) is 188 Å². The number of hydrogen-bond donors (Lipinski definition) is 2. The highest BCUT2D eigenvalue weighted by Gasteiger charge is 2.27. The molecule has 4 unspecified atom stereocenters. The maximum absolute atomic E-state index is 10.1. The van der Waals surface area contributed by atoms with Gasteiger partial charge in [0.1, 0.15) is 12.6 Å². The zero-order chi connectivity index (χ0) is 70.2. The first-order valence-electron chi connectivity index (χ1n) is 26.9. The van der Waals surface area contributed by atoms with Crippen molar-refractivity contribution in [3.05, 3.63) is 144 Å². The summed E-state index contributed by atoms with van der Waals surface area (Å²) in [7, 11) is 29.2. The molecule has 0 saturated heterocycles. The molecule has 2 aromatic rings. The van der Waals surface area contributed by atoms with Gasteiger partial charge in [-0.25, -0.2) is 0 Å². The number of aliphatic hydroxyl groups is 2. The van der Waals surface area contributed by atoms with E-state index in [1.807, 2.05) is 89.3 Å². The van der Waals surface area contributed by atoms with Gasteiger partial charge >= 0.3 is 2.85 Å². The predicted molar refractivity (Wildman–Crippen MR) is 373 cm³/mol. The van der Waals surface area contributed by atoms with Gasteiger partial charge in [-0.3, -0.25) is 9.59 Å². The van der Waals surface area contributed by atoms with Crippen LogP contribution in [0.15, 0.2) is 153 Å². The van der Waals surface area contributed by atoms with Gasteiger partial charge in [0.15, 0.2) is 37.7 Å². The Hall–Kier alpha value is -4.72. The van der Waals surface area contributed by atoms with Crippen LogP contribution >= 0.6 is 28.3 Å². The Kier molecular flexibility index (Phi) is 101. The Morgan fingerprint density at radius 3 is 0.934 bits per heavy atom. The fourth-order valence-corrected chi connectivity index (χ4v) is 6.09. The number of allylic oxidation sites excluding steroid dienone is 11. The second-order valence-corrected chi connectivity index (χ2v) is 16.5. The molecule has 23 nitrogen and oxygen atoms in total. The van der Waals surface area contributed by atoms with Crippen molar-refractivity contribution in [1.82, 2.24) is 0 Å². The van der Waals surface area contributed by atoms with E-state index < -0.39 is 0 Å². The average Bonchev–Trinajstić information content (AvgIpc) is 1.98. The Labute approximate surface area is 566 Å². The number of furan rings is 2. The number of ether oxygens (including phenoxy) is 17. The third kappa shape index (κ3) is 65.2. The molecule has 0 aliphatic carbocycles. The van der Waals surface area contributed by atoms with Crippen molar-refractivity contribution in [3.63, 3.8) is 0 Å². The largest absolute Gasteiger partial charge is 1.00 e. The molecule has 0 aliphatic heterocycles. The van der Waals surface area contributed by atoms with Gasteiger partial charge in [0.2, 0.25) is 0 Å². The lowest BCUT2D eigenvalue weighted by molar-refractivity contribution is -0.155. The average molecular weight is 1440 g/mol. The molecule has 0 bridgehead atoms. The van der Waals surface area contributed by atoms with Crippen LogP contribution in [0.4, 0.5) is 0 Å². The van der Waals surface area contributed by atoms with E-state index in [0.29, 0.717) is 23.0 Å². The molecule has 2 aromatic heterocycles. The summed E-state index contributed by atoms with van der Waals surface area (Å²) in [6.45, 7) is 13.3. The van der Waals surface area contributed by atoms with Gasteiger partial charge < -0.3 is 99.6 Å². The van der Waals surface area contributed by atoms with Crippen LogP contribution in [0.5, 0.6) is 11.9 Å². The molecule has 0 spiro atoms. The molecule has 2 N–H and O–H groups in total. The zero-order valence-electron chi connectivity index (χ0n) is 59.7. The molecule has 0 aromatic carbocycles. The van der Waals surface area contributed by atoms with Crippen molar-refractivity contribution in [3.8, 4) is 11.9 Å². The van der Waals surface area contributed by atoms with Crippen LogP contribution in [0.3, 0.4) is 0 Å². The Bertz CT molecular complexity index is 1890. The van der Waals surface area contributed by atoms with Crippen LogP contribution in [0, 0.1) is 11.8 Å². The highest BCUT2D eigenvalue weighted by atomic mass is 80.9. The highest BCUT2D eigenvalue weighted by Crippen LogP contribution is 2.22. The number of halogens is 2. The molecule has 0 fully saturated rings. The lowest BCUT2D eigenvalue weighted by atomic mass is 9.99. The van der Waals surface area contributed by atoms with E-state index in [0.717, 1.165) is 37.9 Å². The maximum Gasteiger partial charge on any atom is 1.00 e. The summed E-state index contributed by atoms with van der Waals surface area (Å²) in [5.41, 5.74) is 3.31. The smallest absolute Gasteiger partial charge is 0.505 e. The van der Waals surface area contributed by atoms with E-state index in [9.17, 15) is 9.59 Å². The third-order valence-electron chi connectivity index (χ3n) is 10.5. The molecule has 0 amide bonds. The van der Waals surface area contributed by atoms with E-state index in [4.69, 9.17) is 90.4 Å². The number of aliphatic hydroxyl groups excluding tert-OH is 2. The summed E-state index contributed by atoms with van der Waals surface area (Å²) in [6.07, 6.45) is 27.9. The molecule has 2 rings (SSSR count). The summed E-state index contributed by atoms with van der Waals surface area (Å²) in [6, 6.07) is 7.05. The van der Waals surface area contributed by atoms with Gasteiger partial charge in [-0.05, 0) is 81.2 Å². The quantitative estimate of drug-likeness (QED) is 0.0168. The fourth-order valence-electron chi connectivity index (χ4n) is 6.09. The molecular formula is C66H122Br2O23+2. The molecule has 91 heavy (non-hydrogen) atoms. The number of carbonyl (C=O) groups is 2. The SMILES string of the molecule is BrBr.C.C.C/C=C/OC.CO.CO.COC(/C=C/C(OC)C(C)C(OC)OC)C(C)C(OC)OC.COC(/C=C\C(OC)OC)OC.COC(OC)/C(C)=C/C=C/C=C(\C)C(OC)OC.COc1ccc(OC)o1.C\C(C=O)=C/C=C/C=C(\C)C=O.[H+].[H+].c1ccoc1. The topological polar surface area (TPSA) is 258 Å². The summed E-state index contributed by atoms with van der Waals surface area (Å²) < 4.78 is 95.9. The van der Waals surface area contributed by atoms with Gasteiger partial charge in [-0.15, -0.1) is 0 Å². The Morgan fingerprint density at radius 2 is 0.758 bits per heavy atom. The molecule has 0 aliphatic rings. The van der Waals surface area contributed by atoms with E-state index in [-0.39, 0.29) is 79.5 Å². The van der Waals surface area contributed by atoms with Crippen molar-refractivity contribution >= 4 is 40.8 Å². The van der Waals surface area contributed by atoms with Crippen LogP contribution in [0.25, 0.3) is 0 Å². The normalized spacial score (nSPS) is 12.6. The standard InChI is InChI=1S/C16H32O6.C14H24O4.C10H12O2.C8H16O4.C6H8O3.C4H4O.C4H8O.2CH4O.2CH4.Br2/c1-11(15(19-5)20-6)13(17-3)9-10-14(18-4)12(2)16(21-7)22-8;1-11(13(15-3)16-4)9-7-8-10-12(2)14(17-5)18-6;1-9(7-11)5-3-4-6-10(2)8-12;1-9-7(10-2)5-6-8(11-3)12-4;1-7-5-3-4-6(8-2)9-5;1-2-4-5-3-1;1-3-4-5-2;2*1-2;;;1-2/h9-16H,1-8H3;7-10,13-14H,1-6H3;3-8H,1-2H3;5-8H,1-4H3;3-4H,1-2H3;1-4H;3-4H,1-2H3;2*2H,1H3;2*1H4;/p+2/b10-9+;8-7+,11-9+,12-10+;4-3+,9-5+,10-6+;6-5-;;;4-3+;;;;;. The minimum Gasteiger partial charge on any atom is -0.505 e. The molecule has 4 atom stereocenters. The Morgan fingerprint density at radius 1 is 0.462 bits per heavy atom. The van der Waals surface area contributed by atoms with Crippen molar-refractivity contribution in [2.24, 2.45) is 11.8 Å². The number of methoxy groups -OCH3 is 17. The van der Waals surface area contributed by atoms with Crippen molar-refractivity contribution < 1.29 is 112 Å². The van der Waals surface area contributed by atoms with Gasteiger partial charge in [0.25, 0.3) is 11.9 Å². The van der Waals surface area contributed by atoms with Crippen LogP contribution < -0.4 is 9.47 Å². The predicted octanol–water partition coefficient (Wildman–Crippen LogP) is 13.5. The lowest BCUT2D eigenvalue weighted by Gasteiger charge is -2.28. The first-order valence-corrected chi connectivity index (χ1v) is 30.6. The second kappa shape index (κ2) is 85.3. The van der Waals surface area contributed by atoms with E-state index in [1.165, 1.54) is 14.2 Å². The molecule has 0 saturated carbocycles. The van der Waals surface area contributed by atoms with Crippen molar-refractivity contribution in [2.45, 2.75) is 113 Å². The lowest BCUT2D eigenvalue weighted by Crippen LogP contribution is -2.34.